The van der Waals surface area contributed by atoms with Gasteiger partial charge < -0.3 is 5.32 Å². The van der Waals surface area contributed by atoms with Crippen molar-refractivity contribution >= 4 is 27.2 Å². The van der Waals surface area contributed by atoms with Crippen LogP contribution < -0.4 is 10.0 Å². The molecule has 20 heavy (non-hydrogen) atoms. The van der Waals surface area contributed by atoms with Gasteiger partial charge in [0.2, 0.25) is 10.0 Å². The zero-order valence-electron chi connectivity index (χ0n) is 11.3. The Morgan fingerprint density at radius 2 is 2.15 bits per heavy atom. The highest BCUT2D eigenvalue weighted by Gasteiger charge is 2.19. The van der Waals surface area contributed by atoms with Crippen LogP contribution in [0.5, 0.6) is 0 Å². The van der Waals surface area contributed by atoms with Crippen molar-refractivity contribution in [2.75, 3.05) is 11.9 Å². The van der Waals surface area contributed by atoms with Crippen LogP contribution in [0.4, 0.5) is 5.82 Å². The van der Waals surface area contributed by atoms with Crippen LogP contribution in [0.15, 0.2) is 29.4 Å². The summed E-state index contributed by atoms with van der Waals surface area (Å²) >= 11 is 1.47. The van der Waals surface area contributed by atoms with E-state index in [2.05, 4.69) is 20.0 Å². The van der Waals surface area contributed by atoms with Gasteiger partial charge in [-0.05, 0) is 26.0 Å². The molecule has 2 heterocycles. The highest BCUT2D eigenvalue weighted by molar-refractivity contribution is 7.89. The number of nitrogens with one attached hydrogen (secondary N) is 2. The van der Waals surface area contributed by atoms with Crippen molar-refractivity contribution in [3.63, 3.8) is 0 Å². The van der Waals surface area contributed by atoms with Crippen molar-refractivity contribution in [3.05, 3.63) is 34.4 Å². The third-order valence-electron chi connectivity index (χ3n) is 2.51. The Labute approximate surface area is 122 Å². The van der Waals surface area contributed by atoms with Crippen molar-refractivity contribution in [2.24, 2.45) is 0 Å². The SMILES string of the molecule is CCNc1ncccc1S(=O)(=O)NCc1cnc(C)s1. The molecule has 0 aliphatic carbocycles. The Morgan fingerprint density at radius 1 is 1.35 bits per heavy atom. The highest BCUT2D eigenvalue weighted by atomic mass is 32.2. The number of thiazole rings is 1. The molecular formula is C12H16N4O2S2. The lowest BCUT2D eigenvalue weighted by Crippen LogP contribution is -2.24. The van der Waals surface area contributed by atoms with Crippen LogP contribution in [0, 0.1) is 6.92 Å². The lowest BCUT2D eigenvalue weighted by molar-refractivity contribution is 0.581. The monoisotopic (exact) mass is 312 g/mol. The van der Waals surface area contributed by atoms with Crippen LogP contribution in [0.1, 0.15) is 16.8 Å². The van der Waals surface area contributed by atoms with Gasteiger partial charge in [0, 0.05) is 30.4 Å². The molecule has 0 spiro atoms. The predicted molar refractivity (Wildman–Crippen MR) is 79.3 cm³/mol. The predicted octanol–water partition coefficient (Wildman–Crippen LogP) is 1.76. The van der Waals surface area contributed by atoms with Gasteiger partial charge in [0.1, 0.15) is 10.7 Å². The molecule has 2 aromatic heterocycles. The number of aryl methyl sites for hydroxylation is 1. The second-order valence-electron chi connectivity index (χ2n) is 4.05. The van der Waals surface area contributed by atoms with Crippen molar-refractivity contribution in [2.45, 2.75) is 25.3 Å². The molecule has 0 saturated carbocycles. The molecule has 0 amide bonds. The summed E-state index contributed by atoms with van der Waals surface area (Å²) in [5.74, 6) is 0.364. The number of sulfonamides is 1. The second-order valence-corrected chi connectivity index (χ2v) is 7.11. The summed E-state index contributed by atoms with van der Waals surface area (Å²) in [6.45, 7) is 4.60. The number of anilines is 1. The number of hydrogen-bond donors (Lipinski definition) is 2. The molecular weight excluding hydrogens is 296 g/mol. The van der Waals surface area contributed by atoms with E-state index in [4.69, 9.17) is 0 Å². The van der Waals surface area contributed by atoms with E-state index in [-0.39, 0.29) is 11.4 Å². The van der Waals surface area contributed by atoms with Crippen molar-refractivity contribution < 1.29 is 8.42 Å². The minimum atomic E-state index is -3.60. The van der Waals surface area contributed by atoms with Crippen LogP contribution in [0.2, 0.25) is 0 Å². The quantitative estimate of drug-likeness (QED) is 0.849. The van der Waals surface area contributed by atoms with Crippen LogP contribution in [0.3, 0.4) is 0 Å². The normalized spacial score (nSPS) is 11.5. The first-order valence-electron chi connectivity index (χ1n) is 6.13. The largest absolute Gasteiger partial charge is 0.369 e. The summed E-state index contributed by atoms with van der Waals surface area (Å²) in [6.07, 6.45) is 3.24. The molecule has 6 nitrogen and oxygen atoms in total. The van der Waals surface area contributed by atoms with Gasteiger partial charge in [0.25, 0.3) is 0 Å². The minimum absolute atomic E-state index is 0.156. The minimum Gasteiger partial charge on any atom is -0.369 e. The van der Waals surface area contributed by atoms with Gasteiger partial charge in [-0.15, -0.1) is 11.3 Å². The summed E-state index contributed by atoms with van der Waals surface area (Å²) < 4.78 is 27.2. The maximum Gasteiger partial charge on any atom is 0.244 e. The Morgan fingerprint density at radius 3 is 2.80 bits per heavy atom. The Kier molecular flexibility index (Phi) is 4.69. The first-order chi connectivity index (χ1) is 9.53. The molecule has 0 aromatic carbocycles. The summed E-state index contributed by atoms with van der Waals surface area (Å²) in [4.78, 5) is 9.18. The maximum atomic E-state index is 12.3. The molecule has 0 fully saturated rings. The molecule has 0 unspecified atom stereocenters. The molecule has 2 N–H and O–H groups in total. The summed E-state index contributed by atoms with van der Waals surface area (Å²) in [7, 11) is -3.60. The average molecular weight is 312 g/mol. The number of rotatable bonds is 6. The van der Waals surface area contributed by atoms with Gasteiger partial charge in [0.15, 0.2) is 0 Å². The molecule has 2 aromatic rings. The number of hydrogen-bond acceptors (Lipinski definition) is 6. The van der Waals surface area contributed by atoms with Crippen molar-refractivity contribution in [1.29, 1.82) is 0 Å². The van der Waals surface area contributed by atoms with Crippen LogP contribution in [-0.4, -0.2) is 24.9 Å². The molecule has 0 aliphatic rings. The Hall–Kier alpha value is -1.51. The van der Waals surface area contributed by atoms with E-state index in [0.29, 0.717) is 12.4 Å². The molecule has 0 saturated heterocycles. The smallest absolute Gasteiger partial charge is 0.244 e. The van der Waals surface area contributed by atoms with Crippen LogP contribution in [-0.2, 0) is 16.6 Å². The Balaban J connectivity index is 2.18. The van der Waals surface area contributed by atoms with E-state index in [1.807, 2.05) is 13.8 Å². The standard InChI is InChI=1S/C12H16N4O2S2/c1-3-13-12-11(5-4-6-14-12)20(17,18)16-8-10-7-15-9(2)19-10/h4-7,16H,3,8H2,1-2H3,(H,13,14). The summed E-state index contributed by atoms with van der Waals surface area (Å²) in [6, 6.07) is 3.14. The fourth-order valence-electron chi connectivity index (χ4n) is 1.64. The van der Waals surface area contributed by atoms with Crippen molar-refractivity contribution in [3.8, 4) is 0 Å². The second kappa shape index (κ2) is 6.29. The van der Waals surface area contributed by atoms with Gasteiger partial charge in [-0.2, -0.15) is 0 Å². The number of pyridine rings is 1. The van der Waals surface area contributed by atoms with Crippen molar-refractivity contribution in [1.82, 2.24) is 14.7 Å². The molecule has 108 valence electrons. The van der Waals surface area contributed by atoms with Crippen LogP contribution >= 0.6 is 11.3 Å². The van der Waals surface area contributed by atoms with E-state index >= 15 is 0 Å². The first kappa shape index (κ1) is 14.9. The van der Waals surface area contributed by atoms with E-state index < -0.39 is 10.0 Å². The maximum absolute atomic E-state index is 12.3. The third-order valence-corrected chi connectivity index (χ3v) is 4.86. The summed E-state index contributed by atoms with van der Waals surface area (Å²) in [5.41, 5.74) is 0. The van der Waals surface area contributed by atoms with Gasteiger partial charge >= 0.3 is 0 Å². The van der Waals surface area contributed by atoms with Crippen LogP contribution in [0.25, 0.3) is 0 Å². The molecule has 0 atom stereocenters. The summed E-state index contributed by atoms with van der Waals surface area (Å²) in [5, 5.41) is 3.86. The van der Waals surface area contributed by atoms with Gasteiger partial charge in [-0.1, -0.05) is 0 Å². The fourth-order valence-corrected chi connectivity index (χ4v) is 3.60. The first-order valence-corrected chi connectivity index (χ1v) is 8.42. The molecule has 0 bridgehead atoms. The molecule has 0 aliphatic heterocycles. The third kappa shape index (κ3) is 3.53. The van der Waals surface area contributed by atoms with E-state index in [0.717, 1.165) is 9.88 Å². The van der Waals surface area contributed by atoms with E-state index in [1.54, 1.807) is 18.5 Å². The van der Waals surface area contributed by atoms with E-state index in [9.17, 15) is 8.42 Å². The van der Waals surface area contributed by atoms with Gasteiger partial charge in [-0.25, -0.2) is 23.1 Å². The molecule has 2 rings (SSSR count). The van der Waals surface area contributed by atoms with Gasteiger partial charge in [-0.3, -0.25) is 0 Å². The van der Waals surface area contributed by atoms with Gasteiger partial charge in [0.05, 0.1) is 5.01 Å². The number of nitrogens with zero attached hydrogens (tertiary/aromatic N) is 2. The highest BCUT2D eigenvalue weighted by Crippen LogP contribution is 2.18. The lowest BCUT2D eigenvalue weighted by Gasteiger charge is -2.10. The fraction of sp³-hybridized carbons (Fsp3) is 0.333. The molecule has 8 heteroatoms. The zero-order chi connectivity index (χ0) is 14.6. The van der Waals surface area contributed by atoms with E-state index in [1.165, 1.54) is 17.4 Å². The molecule has 0 radical (unpaired) electrons. The Bertz CT molecular complexity index is 682. The topological polar surface area (TPSA) is 84.0 Å². The number of aromatic nitrogens is 2. The average Bonchev–Trinajstić information content (AvgIpc) is 2.83. The zero-order valence-corrected chi connectivity index (χ0v) is 12.9. The lowest BCUT2D eigenvalue weighted by atomic mass is 10.4.